The van der Waals surface area contributed by atoms with E-state index in [0.29, 0.717) is 28.1 Å². The van der Waals surface area contributed by atoms with Gasteiger partial charge in [0.1, 0.15) is 11.3 Å². The normalized spacial score (nSPS) is 11.5. The highest BCUT2D eigenvalue weighted by Gasteiger charge is 2.16. The number of aromatic carboxylic acids is 1. The van der Waals surface area contributed by atoms with E-state index in [1.807, 2.05) is 91.1 Å². The fourth-order valence-corrected chi connectivity index (χ4v) is 4.15. The number of aromatic nitrogens is 3. The Balaban J connectivity index is 1.48. The summed E-state index contributed by atoms with van der Waals surface area (Å²) in [6.07, 6.45) is 5.61. The van der Waals surface area contributed by atoms with Crippen LogP contribution in [0.5, 0.6) is 0 Å². The molecule has 0 aliphatic carbocycles. The summed E-state index contributed by atoms with van der Waals surface area (Å²) in [4.78, 5) is 16.5. The van der Waals surface area contributed by atoms with Crippen LogP contribution in [0.25, 0.3) is 51.2 Å². The molecule has 0 bridgehead atoms. The third-order valence-electron chi connectivity index (χ3n) is 5.82. The monoisotopic (exact) mass is 457 g/mol. The minimum absolute atomic E-state index is 0.215. The zero-order chi connectivity index (χ0) is 23.8. The third kappa shape index (κ3) is 3.87. The zero-order valence-electron chi connectivity index (χ0n) is 18.5. The van der Waals surface area contributed by atoms with E-state index >= 15 is 0 Å². The van der Waals surface area contributed by atoms with Crippen molar-refractivity contribution in [1.29, 1.82) is 0 Å². The predicted octanol–water partition coefficient (Wildman–Crippen LogP) is 6.70. The number of nitrogens with zero attached hydrogens (tertiary/aromatic N) is 3. The summed E-state index contributed by atoms with van der Waals surface area (Å²) in [5.74, 6) is -0.337. The van der Waals surface area contributed by atoms with Gasteiger partial charge in [0.25, 0.3) is 0 Å². The number of benzene rings is 3. The Morgan fingerprint density at radius 2 is 1.66 bits per heavy atom. The van der Waals surface area contributed by atoms with Crippen LogP contribution in [-0.2, 0) is 0 Å². The van der Waals surface area contributed by atoms with Crippen LogP contribution < -0.4 is 0 Å². The molecule has 3 aromatic carbocycles. The summed E-state index contributed by atoms with van der Waals surface area (Å²) in [7, 11) is 0. The summed E-state index contributed by atoms with van der Waals surface area (Å²) in [6, 6.07) is 28.5. The minimum Gasteiger partial charge on any atom is -0.478 e. The predicted molar refractivity (Wildman–Crippen MR) is 136 cm³/mol. The number of para-hydroxylation sites is 3. The van der Waals surface area contributed by atoms with Crippen LogP contribution in [0.15, 0.2) is 102 Å². The summed E-state index contributed by atoms with van der Waals surface area (Å²) in [6.45, 7) is 0. The van der Waals surface area contributed by atoms with E-state index in [4.69, 9.17) is 9.52 Å². The van der Waals surface area contributed by atoms with Crippen LogP contribution in [0.3, 0.4) is 0 Å². The standard InChI is InChI=1S/C29H19N3O3/c33-29(34)24-17-21(30-25-12-6-5-11-23(24)25)15-14-20-18-32(22-9-2-1-3-10-22)31-28(20)27-16-19-8-4-7-13-26(19)35-27/h1-18H,(H,33,34). The first-order valence-corrected chi connectivity index (χ1v) is 11.1. The van der Waals surface area contributed by atoms with Crippen LogP contribution in [0.4, 0.5) is 0 Å². The highest BCUT2D eigenvalue weighted by atomic mass is 16.4. The van der Waals surface area contributed by atoms with Gasteiger partial charge in [-0.1, -0.05) is 54.6 Å². The lowest BCUT2D eigenvalue weighted by molar-refractivity contribution is 0.0699. The van der Waals surface area contributed by atoms with Crippen molar-refractivity contribution in [2.24, 2.45) is 0 Å². The largest absolute Gasteiger partial charge is 0.478 e. The van der Waals surface area contributed by atoms with Crippen molar-refractivity contribution < 1.29 is 14.3 Å². The van der Waals surface area contributed by atoms with Crippen molar-refractivity contribution in [2.45, 2.75) is 0 Å². The molecular weight excluding hydrogens is 438 g/mol. The van der Waals surface area contributed by atoms with Gasteiger partial charge in [-0.3, -0.25) is 0 Å². The Hall–Kier alpha value is -4.97. The molecule has 1 N–H and O–H groups in total. The van der Waals surface area contributed by atoms with Crippen LogP contribution in [0, 0.1) is 0 Å². The molecule has 0 atom stereocenters. The number of pyridine rings is 1. The molecule has 0 amide bonds. The fraction of sp³-hybridized carbons (Fsp3) is 0. The van der Waals surface area contributed by atoms with Crippen molar-refractivity contribution in [3.05, 3.63) is 114 Å². The molecule has 6 heteroatoms. The molecule has 0 saturated carbocycles. The minimum atomic E-state index is -0.988. The Bertz CT molecular complexity index is 1700. The van der Waals surface area contributed by atoms with Crippen molar-refractivity contribution in [2.75, 3.05) is 0 Å². The first-order chi connectivity index (χ1) is 17.2. The molecule has 6 nitrogen and oxygen atoms in total. The summed E-state index contributed by atoms with van der Waals surface area (Å²) in [5.41, 5.74) is 4.59. The number of carboxylic acids is 1. The zero-order valence-corrected chi connectivity index (χ0v) is 18.5. The van der Waals surface area contributed by atoms with E-state index in [1.165, 1.54) is 0 Å². The first-order valence-electron chi connectivity index (χ1n) is 11.1. The summed E-state index contributed by atoms with van der Waals surface area (Å²) < 4.78 is 7.91. The topological polar surface area (TPSA) is 81.1 Å². The molecule has 0 aliphatic rings. The van der Waals surface area contributed by atoms with E-state index in [2.05, 4.69) is 4.98 Å². The second kappa shape index (κ2) is 8.43. The molecule has 0 unspecified atom stereocenters. The number of furan rings is 1. The molecule has 3 heterocycles. The first kappa shape index (κ1) is 20.6. The fourth-order valence-electron chi connectivity index (χ4n) is 4.15. The lowest BCUT2D eigenvalue weighted by Gasteiger charge is -2.04. The number of fused-ring (bicyclic) bond motifs is 2. The van der Waals surface area contributed by atoms with Crippen molar-refractivity contribution >= 4 is 40.0 Å². The molecule has 35 heavy (non-hydrogen) atoms. The SMILES string of the molecule is O=C(O)c1cc(C=Cc2cn(-c3ccccc3)nc2-c2cc3ccccc3o2)nc2ccccc12. The summed E-state index contributed by atoms with van der Waals surface area (Å²) in [5, 5.41) is 16.1. The number of rotatable bonds is 5. The molecule has 0 radical (unpaired) electrons. The van der Waals surface area contributed by atoms with E-state index < -0.39 is 5.97 Å². The van der Waals surface area contributed by atoms with E-state index in [-0.39, 0.29) is 5.56 Å². The van der Waals surface area contributed by atoms with Gasteiger partial charge in [-0.2, -0.15) is 5.10 Å². The van der Waals surface area contributed by atoms with Gasteiger partial charge in [0.2, 0.25) is 0 Å². The van der Waals surface area contributed by atoms with Gasteiger partial charge in [0.15, 0.2) is 5.76 Å². The second-order valence-electron chi connectivity index (χ2n) is 8.11. The quantitative estimate of drug-likeness (QED) is 0.311. The van der Waals surface area contributed by atoms with Gasteiger partial charge in [-0.25, -0.2) is 14.5 Å². The lowest BCUT2D eigenvalue weighted by Crippen LogP contribution is -2.00. The third-order valence-corrected chi connectivity index (χ3v) is 5.82. The van der Waals surface area contributed by atoms with Crippen molar-refractivity contribution in [3.63, 3.8) is 0 Å². The molecule has 6 aromatic rings. The molecule has 0 saturated heterocycles. The highest BCUT2D eigenvalue weighted by Crippen LogP contribution is 2.31. The molecule has 6 rings (SSSR count). The molecule has 168 valence electrons. The summed E-state index contributed by atoms with van der Waals surface area (Å²) >= 11 is 0. The Morgan fingerprint density at radius 1 is 0.886 bits per heavy atom. The Labute approximate surface area is 200 Å². The average Bonchev–Trinajstić information content (AvgIpc) is 3.51. The van der Waals surface area contributed by atoms with Gasteiger partial charge in [0, 0.05) is 22.5 Å². The van der Waals surface area contributed by atoms with E-state index in [1.54, 1.807) is 22.9 Å². The lowest BCUT2D eigenvalue weighted by atomic mass is 10.1. The highest BCUT2D eigenvalue weighted by molar-refractivity contribution is 6.03. The smallest absolute Gasteiger partial charge is 0.336 e. The molecule has 0 aliphatic heterocycles. The second-order valence-corrected chi connectivity index (χ2v) is 8.11. The molecular formula is C29H19N3O3. The van der Waals surface area contributed by atoms with Crippen LogP contribution in [-0.4, -0.2) is 25.8 Å². The van der Waals surface area contributed by atoms with E-state index in [9.17, 15) is 9.90 Å². The van der Waals surface area contributed by atoms with E-state index in [0.717, 1.165) is 22.2 Å². The van der Waals surface area contributed by atoms with Gasteiger partial charge in [-0.05, 0) is 48.6 Å². The number of hydrogen-bond acceptors (Lipinski definition) is 4. The number of hydrogen-bond donors (Lipinski definition) is 1. The van der Waals surface area contributed by atoms with Crippen LogP contribution >= 0.6 is 0 Å². The molecule has 3 aromatic heterocycles. The maximum absolute atomic E-state index is 11.8. The Kier molecular flexibility index (Phi) is 4.96. The maximum atomic E-state index is 11.8. The average molecular weight is 457 g/mol. The van der Waals surface area contributed by atoms with Gasteiger partial charge in [-0.15, -0.1) is 0 Å². The Morgan fingerprint density at radius 3 is 2.49 bits per heavy atom. The van der Waals surface area contributed by atoms with Gasteiger partial charge < -0.3 is 9.52 Å². The van der Waals surface area contributed by atoms with Gasteiger partial charge in [0.05, 0.1) is 22.5 Å². The maximum Gasteiger partial charge on any atom is 0.336 e. The van der Waals surface area contributed by atoms with Crippen molar-refractivity contribution in [3.8, 4) is 17.1 Å². The molecule has 0 fully saturated rings. The number of carbonyl (C=O) groups is 1. The van der Waals surface area contributed by atoms with Crippen LogP contribution in [0.2, 0.25) is 0 Å². The number of carboxylic acid groups (broad SMARTS) is 1. The van der Waals surface area contributed by atoms with Crippen LogP contribution in [0.1, 0.15) is 21.6 Å². The van der Waals surface area contributed by atoms with Crippen molar-refractivity contribution in [1.82, 2.24) is 14.8 Å². The van der Waals surface area contributed by atoms with Gasteiger partial charge >= 0.3 is 5.97 Å². The molecule has 0 spiro atoms.